The summed E-state index contributed by atoms with van der Waals surface area (Å²) in [5.41, 5.74) is 6.36. The van der Waals surface area contributed by atoms with E-state index in [1.54, 1.807) is 30.5 Å². The standard InChI is InChI=1S/C28H26N4O3S/c1-16-11-12-19(27(34)35)15-23(16)31-17(2)14-20(18(31)3)26-25(21-8-6-7-13-29-21)30-28(36)32(26)22-9-4-5-10-24(22)33/h4-15,25-26,33H,1-3H3,(H,30,36)(H,34,35)/t25-,26+/m0/s1. The highest BCUT2D eigenvalue weighted by Crippen LogP contribution is 2.45. The average molecular weight is 499 g/mol. The van der Waals surface area contributed by atoms with Gasteiger partial charge in [0.15, 0.2) is 5.11 Å². The third kappa shape index (κ3) is 3.89. The summed E-state index contributed by atoms with van der Waals surface area (Å²) in [5.74, 6) is -0.836. The van der Waals surface area contributed by atoms with Crippen molar-refractivity contribution in [2.75, 3.05) is 4.90 Å². The molecule has 0 bridgehead atoms. The first kappa shape index (κ1) is 23.6. The van der Waals surface area contributed by atoms with Crippen LogP contribution in [-0.4, -0.2) is 30.8 Å². The number of hydrogen-bond acceptors (Lipinski definition) is 4. The molecule has 0 spiro atoms. The number of benzene rings is 2. The molecule has 0 unspecified atom stereocenters. The van der Waals surface area contributed by atoms with Crippen molar-refractivity contribution < 1.29 is 15.0 Å². The molecule has 0 amide bonds. The smallest absolute Gasteiger partial charge is 0.335 e. The predicted octanol–water partition coefficient (Wildman–Crippen LogP) is 5.38. The fraction of sp³-hybridized carbons (Fsp3) is 0.179. The monoisotopic (exact) mass is 498 g/mol. The summed E-state index contributed by atoms with van der Waals surface area (Å²) in [6.45, 7) is 6.00. The SMILES string of the molecule is Cc1ccc(C(=O)O)cc1-n1c(C)cc([C@@H]2[C@H](c3ccccn3)NC(=S)N2c2ccccc2O)c1C. The van der Waals surface area contributed by atoms with Crippen LogP contribution in [0.2, 0.25) is 0 Å². The number of aromatic hydroxyl groups is 1. The Balaban J connectivity index is 1.71. The Morgan fingerprint density at radius 1 is 1.00 bits per heavy atom. The van der Waals surface area contributed by atoms with Gasteiger partial charge in [-0.2, -0.15) is 0 Å². The molecule has 7 nitrogen and oxygen atoms in total. The number of aromatic carboxylic acids is 1. The number of pyridine rings is 1. The first-order chi connectivity index (χ1) is 17.3. The van der Waals surface area contributed by atoms with Crippen molar-refractivity contribution in [2.45, 2.75) is 32.9 Å². The first-order valence-electron chi connectivity index (χ1n) is 11.6. The third-order valence-corrected chi connectivity index (χ3v) is 7.04. The molecular weight excluding hydrogens is 472 g/mol. The number of carboxylic acid groups (broad SMARTS) is 1. The highest BCUT2D eigenvalue weighted by atomic mass is 32.1. The van der Waals surface area contributed by atoms with E-state index in [1.807, 2.05) is 62.1 Å². The lowest BCUT2D eigenvalue weighted by atomic mass is 9.96. The van der Waals surface area contributed by atoms with Gasteiger partial charge in [-0.15, -0.1) is 0 Å². The van der Waals surface area contributed by atoms with E-state index in [-0.39, 0.29) is 23.4 Å². The van der Waals surface area contributed by atoms with E-state index in [2.05, 4.69) is 20.9 Å². The Kier molecular flexibility index (Phi) is 5.97. The van der Waals surface area contributed by atoms with E-state index in [4.69, 9.17) is 12.2 Å². The molecule has 3 N–H and O–H groups in total. The second-order valence-electron chi connectivity index (χ2n) is 8.95. The van der Waals surface area contributed by atoms with E-state index >= 15 is 0 Å². The molecule has 8 heteroatoms. The quantitative estimate of drug-likeness (QED) is 0.318. The van der Waals surface area contributed by atoms with Gasteiger partial charge in [0.2, 0.25) is 0 Å². The van der Waals surface area contributed by atoms with E-state index in [1.165, 1.54) is 0 Å². The number of hydrogen-bond donors (Lipinski definition) is 3. The lowest BCUT2D eigenvalue weighted by Gasteiger charge is -2.28. The van der Waals surface area contributed by atoms with Gasteiger partial charge in [-0.25, -0.2) is 4.79 Å². The van der Waals surface area contributed by atoms with Gasteiger partial charge < -0.3 is 25.0 Å². The van der Waals surface area contributed by atoms with Crippen LogP contribution in [0.25, 0.3) is 5.69 Å². The Bertz CT molecular complexity index is 1480. The Hall–Kier alpha value is -4.17. The number of carboxylic acids is 1. The fourth-order valence-electron chi connectivity index (χ4n) is 5.04. The first-order valence-corrected chi connectivity index (χ1v) is 12.0. The van der Waals surface area contributed by atoms with E-state index in [0.717, 1.165) is 33.9 Å². The van der Waals surface area contributed by atoms with E-state index < -0.39 is 5.97 Å². The zero-order valence-electron chi connectivity index (χ0n) is 20.1. The predicted molar refractivity (Wildman–Crippen MR) is 143 cm³/mol. The van der Waals surface area contributed by atoms with Gasteiger partial charge in [0.1, 0.15) is 5.75 Å². The fourth-order valence-corrected chi connectivity index (χ4v) is 5.38. The minimum absolute atomic E-state index is 0.132. The van der Waals surface area contributed by atoms with Gasteiger partial charge in [0, 0.05) is 23.3 Å². The van der Waals surface area contributed by atoms with Crippen LogP contribution in [0, 0.1) is 20.8 Å². The highest BCUT2D eigenvalue weighted by Gasteiger charge is 2.43. The molecule has 5 rings (SSSR count). The van der Waals surface area contributed by atoms with Crippen LogP contribution in [0.3, 0.4) is 0 Å². The summed E-state index contributed by atoms with van der Waals surface area (Å²) in [7, 11) is 0. The van der Waals surface area contributed by atoms with Crippen molar-refractivity contribution in [1.29, 1.82) is 0 Å². The number of anilines is 1. The molecule has 2 atom stereocenters. The number of aromatic nitrogens is 2. The van der Waals surface area contributed by atoms with Crippen LogP contribution in [0.4, 0.5) is 5.69 Å². The maximum absolute atomic E-state index is 11.7. The van der Waals surface area contributed by atoms with Crippen molar-refractivity contribution in [3.05, 3.63) is 107 Å². The maximum atomic E-state index is 11.7. The number of thiocarbonyl (C=S) groups is 1. The molecule has 2 aromatic carbocycles. The van der Waals surface area contributed by atoms with Gasteiger partial charge in [-0.1, -0.05) is 24.3 Å². The molecule has 182 valence electrons. The summed E-state index contributed by atoms with van der Waals surface area (Å²) in [4.78, 5) is 18.2. The molecule has 3 heterocycles. The number of carbonyl (C=O) groups is 1. The molecule has 0 saturated carbocycles. The Labute approximate surface area is 214 Å². The van der Waals surface area contributed by atoms with Crippen molar-refractivity contribution in [3.63, 3.8) is 0 Å². The summed E-state index contributed by atoms with van der Waals surface area (Å²) in [6, 6.07) is 19.6. The normalized spacial score (nSPS) is 17.3. The lowest BCUT2D eigenvalue weighted by Crippen LogP contribution is -2.29. The minimum Gasteiger partial charge on any atom is -0.506 e. The van der Waals surface area contributed by atoms with Crippen molar-refractivity contribution in [3.8, 4) is 11.4 Å². The van der Waals surface area contributed by atoms with E-state index in [0.29, 0.717) is 10.8 Å². The summed E-state index contributed by atoms with van der Waals surface area (Å²) in [6.07, 6.45) is 1.75. The number of nitrogens with zero attached hydrogens (tertiary/aromatic N) is 3. The molecule has 0 aliphatic carbocycles. The van der Waals surface area contributed by atoms with Crippen LogP contribution in [0.5, 0.6) is 5.75 Å². The molecule has 36 heavy (non-hydrogen) atoms. The summed E-state index contributed by atoms with van der Waals surface area (Å²) in [5, 5.41) is 24.2. The lowest BCUT2D eigenvalue weighted by molar-refractivity contribution is 0.0697. The molecule has 1 aliphatic rings. The average Bonchev–Trinajstić information content (AvgIpc) is 3.35. The second kappa shape index (κ2) is 9.13. The van der Waals surface area contributed by atoms with Crippen molar-refractivity contribution >= 4 is 29.0 Å². The van der Waals surface area contributed by atoms with Crippen molar-refractivity contribution in [2.24, 2.45) is 0 Å². The van der Waals surface area contributed by atoms with Crippen LogP contribution < -0.4 is 10.2 Å². The van der Waals surface area contributed by atoms with Crippen LogP contribution in [0.1, 0.15) is 50.7 Å². The number of rotatable bonds is 5. The number of aryl methyl sites for hydroxylation is 2. The minimum atomic E-state index is -0.967. The second-order valence-corrected chi connectivity index (χ2v) is 9.34. The topological polar surface area (TPSA) is 90.6 Å². The Morgan fingerprint density at radius 2 is 1.75 bits per heavy atom. The number of phenols is 1. The van der Waals surface area contributed by atoms with Gasteiger partial charge in [0.05, 0.1) is 29.0 Å². The van der Waals surface area contributed by atoms with E-state index in [9.17, 15) is 15.0 Å². The summed E-state index contributed by atoms with van der Waals surface area (Å²) < 4.78 is 2.08. The molecule has 1 aliphatic heterocycles. The van der Waals surface area contributed by atoms with Gasteiger partial charge in [-0.05, 0) is 86.6 Å². The number of nitrogens with one attached hydrogen (secondary N) is 1. The molecule has 1 fully saturated rings. The zero-order chi connectivity index (χ0) is 25.6. The maximum Gasteiger partial charge on any atom is 0.335 e. The number of para-hydroxylation sites is 2. The van der Waals surface area contributed by atoms with Crippen molar-refractivity contribution in [1.82, 2.24) is 14.9 Å². The van der Waals surface area contributed by atoms with Crippen LogP contribution in [-0.2, 0) is 0 Å². The van der Waals surface area contributed by atoms with Gasteiger partial charge in [-0.3, -0.25) is 4.98 Å². The molecular formula is C28H26N4O3S. The third-order valence-electron chi connectivity index (χ3n) is 6.73. The largest absolute Gasteiger partial charge is 0.506 e. The van der Waals surface area contributed by atoms with Gasteiger partial charge >= 0.3 is 5.97 Å². The summed E-state index contributed by atoms with van der Waals surface area (Å²) >= 11 is 5.78. The molecule has 1 saturated heterocycles. The molecule has 4 aromatic rings. The van der Waals surface area contributed by atoms with Gasteiger partial charge in [0.25, 0.3) is 0 Å². The number of phenolic OH excluding ortho intramolecular Hbond substituents is 1. The zero-order valence-corrected chi connectivity index (χ0v) is 21.0. The van der Waals surface area contributed by atoms with Crippen LogP contribution >= 0.6 is 12.2 Å². The Morgan fingerprint density at radius 3 is 2.44 bits per heavy atom. The molecule has 2 aromatic heterocycles. The highest BCUT2D eigenvalue weighted by molar-refractivity contribution is 7.80. The van der Waals surface area contributed by atoms with Crippen LogP contribution in [0.15, 0.2) is 72.9 Å². The molecule has 0 radical (unpaired) electrons.